The van der Waals surface area contributed by atoms with Gasteiger partial charge in [0.1, 0.15) is 5.82 Å². The Kier molecular flexibility index (Phi) is 2.50. The number of aromatic amines is 1. The molecule has 0 aliphatic rings. The minimum Gasteiger partial charge on any atom is -0.342 e. The third kappa shape index (κ3) is 1.51. The number of nitrogens with one attached hydrogen (secondary N) is 1. The van der Waals surface area contributed by atoms with Gasteiger partial charge in [-0.15, -0.1) is 0 Å². The molecule has 0 spiro atoms. The number of nitrogens with two attached hydrogens (primary N) is 1. The van der Waals surface area contributed by atoms with E-state index in [1.165, 1.54) is 0 Å². The van der Waals surface area contributed by atoms with Gasteiger partial charge in [-0.1, -0.05) is 19.1 Å². The Morgan fingerprint density at radius 2 is 2.21 bits per heavy atom. The summed E-state index contributed by atoms with van der Waals surface area (Å²) in [6, 6.07) is 8.05. The van der Waals surface area contributed by atoms with Crippen LogP contribution in [0.5, 0.6) is 0 Å². The van der Waals surface area contributed by atoms with Gasteiger partial charge < -0.3 is 10.7 Å². The van der Waals surface area contributed by atoms with E-state index < -0.39 is 0 Å². The predicted molar refractivity (Wildman–Crippen MR) is 58.2 cm³/mol. The van der Waals surface area contributed by atoms with Crippen molar-refractivity contribution in [2.75, 3.05) is 6.54 Å². The summed E-state index contributed by atoms with van der Waals surface area (Å²) >= 11 is 0. The Morgan fingerprint density at radius 1 is 1.43 bits per heavy atom. The molecule has 1 heterocycles. The lowest BCUT2D eigenvalue weighted by atomic mass is 10.1. The third-order valence-corrected chi connectivity index (χ3v) is 2.57. The van der Waals surface area contributed by atoms with E-state index >= 15 is 0 Å². The van der Waals surface area contributed by atoms with Crippen molar-refractivity contribution in [3.8, 4) is 0 Å². The van der Waals surface area contributed by atoms with E-state index in [9.17, 15) is 0 Å². The van der Waals surface area contributed by atoms with Crippen molar-refractivity contribution in [2.24, 2.45) is 5.73 Å². The van der Waals surface area contributed by atoms with Gasteiger partial charge in [-0.3, -0.25) is 0 Å². The van der Waals surface area contributed by atoms with Crippen LogP contribution >= 0.6 is 0 Å². The van der Waals surface area contributed by atoms with Crippen molar-refractivity contribution < 1.29 is 0 Å². The maximum Gasteiger partial charge on any atom is 0.111 e. The lowest BCUT2D eigenvalue weighted by Crippen LogP contribution is -2.12. The summed E-state index contributed by atoms with van der Waals surface area (Å²) in [7, 11) is 0. The molecular weight excluding hydrogens is 174 g/mol. The van der Waals surface area contributed by atoms with Crippen LogP contribution in [0, 0.1) is 0 Å². The number of imidazole rings is 1. The minimum absolute atomic E-state index is 0.349. The van der Waals surface area contributed by atoms with E-state index in [1.807, 2.05) is 24.3 Å². The fraction of sp³-hybridized carbons (Fsp3) is 0.364. The monoisotopic (exact) mass is 189 g/mol. The Morgan fingerprint density at radius 3 is 2.86 bits per heavy atom. The maximum atomic E-state index is 5.68. The molecule has 0 saturated carbocycles. The van der Waals surface area contributed by atoms with Crippen LogP contribution in [0.25, 0.3) is 11.0 Å². The molecule has 0 aliphatic heterocycles. The Bertz CT molecular complexity index is 382. The molecule has 1 aromatic carbocycles. The largest absolute Gasteiger partial charge is 0.342 e. The number of H-pyrrole nitrogens is 1. The molecule has 3 heteroatoms. The lowest BCUT2D eigenvalue weighted by molar-refractivity contribution is 0.641. The number of hydrogen-bond acceptors (Lipinski definition) is 2. The highest BCUT2D eigenvalue weighted by molar-refractivity contribution is 5.74. The number of benzene rings is 1. The second kappa shape index (κ2) is 3.80. The second-order valence-electron chi connectivity index (χ2n) is 3.48. The van der Waals surface area contributed by atoms with Crippen molar-refractivity contribution in [2.45, 2.75) is 19.3 Å². The Balaban J connectivity index is 2.43. The van der Waals surface area contributed by atoms with Crippen LogP contribution in [0.4, 0.5) is 0 Å². The van der Waals surface area contributed by atoms with Crippen LogP contribution in [-0.2, 0) is 0 Å². The summed E-state index contributed by atoms with van der Waals surface area (Å²) < 4.78 is 0. The van der Waals surface area contributed by atoms with Crippen LogP contribution < -0.4 is 5.73 Å². The van der Waals surface area contributed by atoms with Crippen LogP contribution in [0.2, 0.25) is 0 Å². The van der Waals surface area contributed by atoms with Crippen molar-refractivity contribution in [3.63, 3.8) is 0 Å². The van der Waals surface area contributed by atoms with Crippen LogP contribution in [0.1, 0.15) is 25.1 Å². The quantitative estimate of drug-likeness (QED) is 0.776. The highest BCUT2D eigenvalue weighted by Crippen LogP contribution is 2.18. The van der Waals surface area contributed by atoms with Gasteiger partial charge >= 0.3 is 0 Å². The zero-order chi connectivity index (χ0) is 9.97. The molecular formula is C11H15N3. The predicted octanol–water partition coefficient (Wildman–Crippen LogP) is 2.02. The third-order valence-electron chi connectivity index (χ3n) is 2.57. The summed E-state index contributed by atoms with van der Waals surface area (Å²) in [4.78, 5) is 7.83. The molecule has 2 aromatic rings. The van der Waals surface area contributed by atoms with Crippen molar-refractivity contribution in [3.05, 3.63) is 30.1 Å². The van der Waals surface area contributed by atoms with Gasteiger partial charge in [0.2, 0.25) is 0 Å². The van der Waals surface area contributed by atoms with E-state index in [2.05, 4.69) is 16.9 Å². The average molecular weight is 189 g/mol. The Labute approximate surface area is 83.3 Å². The van der Waals surface area contributed by atoms with E-state index in [-0.39, 0.29) is 0 Å². The topological polar surface area (TPSA) is 54.7 Å². The molecule has 0 aliphatic carbocycles. The minimum atomic E-state index is 0.349. The van der Waals surface area contributed by atoms with E-state index in [4.69, 9.17) is 5.73 Å². The molecule has 3 nitrogen and oxygen atoms in total. The van der Waals surface area contributed by atoms with E-state index in [0.717, 1.165) is 23.3 Å². The standard InChI is InChI=1S/C11H15N3/c1-2-8(7-12)11-13-9-5-3-4-6-10(9)14-11/h3-6,8H,2,7,12H2,1H3,(H,13,14)/t8-/m0/s1. The summed E-state index contributed by atoms with van der Waals surface area (Å²) in [6.07, 6.45) is 1.02. The Hall–Kier alpha value is -1.35. The fourth-order valence-corrected chi connectivity index (χ4v) is 1.64. The maximum absolute atomic E-state index is 5.68. The van der Waals surface area contributed by atoms with Crippen molar-refractivity contribution in [1.82, 2.24) is 9.97 Å². The summed E-state index contributed by atoms with van der Waals surface area (Å²) in [5.41, 5.74) is 7.79. The molecule has 0 fully saturated rings. The van der Waals surface area contributed by atoms with E-state index in [1.54, 1.807) is 0 Å². The second-order valence-corrected chi connectivity index (χ2v) is 3.48. The van der Waals surface area contributed by atoms with Gasteiger partial charge in [0.15, 0.2) is 0 Å². The fourth-order valence-electron chi connectivity index (χ4n) is 1.64. The summed E-state index contributed by atoms with van der Waals surface area (Å²) in [5.74, 6) is 1.36. The lowest BCUT2D eigenvalue weighted by Gasteiger charge is -2.07. The molecule has 1 atom stereocenters. The summed E-state index contributed by atoms with van der Waals surface area (Å²) in [5, 5.41) is 0. The highest BCUT2D eigenvalue weighted by atomic mass is 14.9. The molecule has 1 aromatic heterocycles. The van der Waals surface area contributed by atoms with Gasteiger partial charge in [0.25, 0.3) is 0 Å². The van der Waals surface area contributed by atoms with Crippen LogP contribution in [0.3, 0.4) is 0 Å². The molecule has 2 rings (SSSR count). The molecule has 14 heavy (non-hydrogen) atoms. The first-order valence-corrected chi connectivity index (χ1v) is 5.00. The van der Waals surface area contributed by atoms with Gasteiger partial charge in [-0.2, -0.15) is 0 Å². The molecule has 3 N–H and O–H groups in total. The first-order chi connectivity index (χ1) is 6.85. The van der Waals surface area contributed by atoms with Crippen LogP contribution in [0.15, 0.2) is 24.3 Å². The SMILES string of the molecule is CC[C@@H](CN)c1nc2ccccc2[nH]1. The molecule has 0 radical (unpaired) electrons. The number of nitrogens with zero attached hydrogens (tertiary/aromatic N) is 1. The first-order valence-electron chi connectivity index (χ1n) is 5.00. The van der Waals surface area contributed by atoms with E-state index in [0.29, 0.717) is 12.5 Å². The van der Waals surface area contributed by atoms with Crippen molar-refractivity contribution in [1.29, 1.82) is 0 Å². The first kappa shape index (κ1) is 9.21. The van der Waals surface area contributed by atoms with Crippen molar-refractivity contribution >= 4 is 11.0 Å². The molecule has 0 amide bonds. The van der Waals surface area contributed by atoms with Gasteiger partial charge in [-0.25, -0.2) is 4.98 Å². The number of para-hydroxylation sites is 2. The zero-order valence-electron chi connectivity index (χ0n) is 8.33. The highest BCUT2D eigenvalue weighted by Gasteiger charge is 2.11. The zero-order valence-corrected chi connectivity index (χ0v) is 8.33. The summed E-state index contributed by atoms with van der Waals surface area (Å²) in [6.45, 7) is 2.78. The normalized spacial score (nSPS) is 13.3. The molecule has 0 unspecified atom stereocenters. The van der Waals surface area contributed by atoms with Gasteiger partial charge in [0.05, 0.1) is 11.0 Å². The average Bonchev–Trinajstić information content (AvgIpc) is 2.63. The van der Waals surface area contributed by atoms with Gasteiger partial charge in [-0.05, 0) is 18.6 Å². The smallest absolute Gasteiger partial charge is 0.111 e. The van der Waals surface area contributed by atoms with Crippen LogP contribution in [-0.4, -0.2) is 16.5 Å². The number of rotatable bonds is 3. The molecule has 0 bridgehead atoms. The molecule has 74 valence electrons. The van der Waals surface area contributed by atoms with Gasteiger partial charge in [0, 0.05) is 12.5 Å². The number of hydrogen-bond donors (Lipinski definition) is 2. The number of aromatic nitrogens is 2. The molecule has 0 saturated heterocycles. The number of fused-ring (bicyclic) bond motifs is 1.